The number of nitrogens with zero attached hydrogens (tertiary/aromatic N) is 3. The molecule has 4 aromatic rings. The number of allylic oxidation sites excluding steroid dienone is 2. The molecular formula is C32H27N3O. The molecule has 6 rings (SSSR count). The number of hydrogen-bond acceptors (Lipinski definition) is 3. The first kappa shape index (κ1) is 22.4. The van der Waals surface area contributed by atoms with E-state index in [1.165, 1.54) is 0 Å². The first-order chi connectivity index (χ1) is 17.5. The van der Waals surface area contributed by atoms with Gasteiger partial charge in [-0.1, -0.05) is 92.7 Å². The summed E-state index contributed by atoms with van der Waals surface area (Å²) in [5.74, 6) is 0.526. The molecule has 3 atom stereocenters. The highest BCUT2D eigenvalue weighted by Gasteiger charge is 2.48. The number of aromatic nitrogens is 2. The summed E-state index contributed by atoms with van der Waals surface area (Å²) in [6.45, 7) is 11.9. The summed E-state index contributed by atoms with van der Waals surface area (Å²) >= 11 is 0. The van der Waals surface area contributed by atoms with Crippen molar-refractivity contribution in [2.24, 2.45) is 11.8 Å². The van der Waals surface area contributed by atoms with E-state index in [-0.39, 0.29) is 23.3 Å². The van der Waals surface area contributed by atoms with Crippen molar-refractivity contribution in [3.63, 3.8) is 0 Å². The normalized spacial score (nSPS) is 23.2. The number of carbonyl (C=O) groups excluding carboxylic acids is 1. The molecule has 0 saturated heterocycles. The van der Waals surface area contributed by atoms with Crippen LogP contribution in [0.4, 0.5) is 0 Å². The molecule has 0 radical (unpaired) electrons. The Morgan fingerprint density at radius 2 is 1.72 bits per heavy atom. The Bertz CT molecular complexity index is 1580. The minimum absolute atomic E-state index is 0.0393. The molecule has 4 nitrogen and oxygen atoms in total. The molecule has 0 aliphatic heterocycles. The highest BCUT2D eigenvalue weighted by molar-refractivity contribution is 6.00. The van der Waals surface area contributed by atoms with E-state index >= 15 is 0 Å². The number of ketones is 1. The van der Waals surface area contributed by atoms with E-state index in [0.29, 0.717) is 5.82 Å². The standard InChI is InChI=1S/C32H27N3O/c1-20-26-18-10-17-25-28(22-12-5-4-6-13-22)34-31(24-16-9-14-21-11-7-8-15-23(21)24)35-30(25)32(26,2)19-27(33-3)29(20)36/h4-9,11-16,19-20,26H,10,17-18H2,1-2H3/t20-,26-,32-/m1/s1. The molecule has 0 amide bonds. The monoisotopic (exact) mass is 469 g/mol. The maximum atomic E-state index is 13.0. The van der Waals surface area contributed by atoms with Crippen molar-refractivity contribution < 1.29 is 4.79 Å². The Labute approximate surface area is 211 Å². The fourth-order valence-corrected chi connectivity index (χ4v) is 6.32. The maximum absolute atomic E-state index is 13.0. The van der Waals surface area contributed by atoms with Gasteiger partial charge in [0.05, 0.1) is 18.0 Å². The molecule has 1 aromatic heterocycles. The van der Waals surface area contributed by atoms with Gasteiger partial charge >= 0.3 is 0 Å². The lowest BCUT2D eigenvalue weighted by atomic mass is 9.62. The zero-order valence-electron chi connectivity index (χ0n) is 20.5. The molecule has 4 heteroatoms. The van der Waals surface area contributed by atoms with E-state index in [2.05, 4.69) is 54.2 Å². The summed E-state index contributed by atoms with van der Waals surface area (Å²) in [6, 6.07) is 24.9. The number of Topliss-reactive ketones (excluding diaryl/α,β-unsaturated/α-hetero) is 1. The number of hydrogen-bond donors (Lipinski definition) is 0. The molecule has 3 aromatic carbocycles. The fraction of sp³-hybridized carbons (Fsp3) is 0.250. The first-order valence-electron chi connectivity index (χ1n) is 12.6. The number of fused-ring (bicyclic) bond motifs is 4. The summed E-state index contributed by atoms with van der Waals surface area (Å²) in [5, 5.41) is 2.25. The molecule has 2 aliphatic rings. The third-order valence-electron chi connectivity index (χ3n) is 8.13. The second kappa shape index (κ2) is 8.53. The quantitative estimate of drug-likeness (QED) is 0.292. The largest absolute Gasteiger partial charge is 0.308 e. The van der Waals surface area contributed by atoms with E-state index < -0.39 is 5.41 Å². The fourth-order valence-electron chi connectivity index (χ4n) is 6.32. The van der Waals surface area contributed by atoms with Crippen molar-refractivity contribution in [2.45, 2.75) is 38.5 Å². The smallest absolute Gasteiger partial charge is 0.226 e. The van der Waals surface area contributed by atoms with Gasteiger partial charge in [-0.05, 0) is 36.0 Å². The van der Waals surface area contributed by atoms with Crippen LogP contribution in [0.5, 0.6) is 0 Å². The Hall–Kier alpha value is -4.10. The van der Waals surface area contributed by atoms with Crippen molar-refractivity contribution in [3.05, 3.63) is 107 Å². The molecule has 0 bridgehead atoms. The average molecular weight is 470 g/mol. The van der Waals surface area contributed by atoms with Gasteiger partial charge in [0.15, 0.2) is 11.6 Å². The molecule has 1 heterocycles. The van der Waals surface area contributed by atoms with E-state index in [1.807, 2.05) is 43.3 Å². The van der Waals surface area contributed by atoms with Gasteiger partial charge in [-0.3, -0.25) is 0 Å². The van der Waals surface area contributed by atoms with Gasteiger partial charge in [-0.25, -0.2) is 14.8 Å². The third-order valence-corrected chi connectivity index (χ3v) is 8.13. The number of carbonyl (C=O) groups is 1. The molecular weight excluding hydrogens is 442 g/mol. The van der Waals surface area contributed by atoms with Crippen molar-refractivity contribution in [3.8, 4) is 22.6 Å². The summed E-state index contributed by atoms with van der Waals surface area (Å²) in [7, 11) is 0. The minimum atomic E-state index is -0.523. The van der Waals surface area contributed by atoms with Crippen LogP contribution in [-0.2, 0) is 16.6 Å². The SMILES string of the molecule is [C-]#[N+]C1=C[C@@]2(C)c3nc(-c4cccc5ccccc45)nc(-c4ccccc4)c3CCC[C@@H]2[C@@H](C)C1=O. The van der Waals surface area contributed by atoms with Gasteiger partial charge in [0.25, 0.3) is 0 Å². The summed E-state index contributed by atoms with van der Waals surface area (Å²) < 4.78 is 0. The maximum Gasteiger partial charge on any atom is 0.226 e. The lowest BCUT2D eigenvalue weighted by Crippen LogP contribution is -2.42. The molecule has 0 N–H and O–H groups in total. The minimum Gasteiger partial charge on any atom is -0.308 e. The van der Waals surface area contributed by atoms with Crippen LogP contribution in [0.25, 0.3) is 38.3 Å². The van der Waals surface area contributed by atoms with Crippen LogP contribution >= 0.6 is 0 Å². The molecule has 0 unspecified atom stereocenters. The highest BCUT2D eigenvalue weighted by atomic mass is 16.1. The topological polar surface area (TPSA) is 47.2 Å². The van der Waals surface area contributed by atoms with Crippen molar-refractivity contribution in [1.82, 2.24) is 9.97 Å². The predicted octanol–water partition coefficient (Wildman–Crippen LogP) is 7.20. The highest BCUT2D eigenvalue weighted by Crippen LogP contribution is 2.50. The zero-order chi connectivity index (χ0) is 24.9. The van der Waals surface area contributed by atoms with E-state index in [0.717, 1.165) is 58.1 Å². The Morgan fingerprint density at radius 1 is 0.972 bits per heavy atom. The number of benzene rings is 3. The van der Waals surface area contributed by atoms with Crippen LogP contribution in [-0.4, -0.2) is 15.8 Å². The Morgan fingerprint density at radius 3 is 2.53 bits per heavy atom. The average Bonchev–Trinajstić information content (AvgIpc) is 3.07. The van der Waals surface area contributed by atoms with Crippen molar-refractivity contribution in [1.29, 1.82) is 0 Å². The first-order valence-corrected chi connectivity index (χ1v) is 12.6. The molecule has 0 fully saturated rings. The van der Waals surface area contributed by atoms with Crippen LogP contribution in [0.1, 0.15) is 37.9 Å². The molecule has 2 aliphatic carbocycles. The second-order valence-electron chi connectivity index (χ2n) is 10.2. The Balaban J connectivity index is 1.70. The lowest BCUT2D eigenvalue weighted by Gasteiger charge is -2.41. The lowest BCUT2D eigenvalue weighted by molar-refractivity contribution is -0.121. The zero-order valence-corrected chi connectivity index (χ0v) is 20.5. The van der Waals surface area contributed by atoms with Gasteiger partial charge in [-0.2, -0.15) is 0 Å². The number of rotatable bonds is 2. The van der Waals surface area contributed by atoms with Crippen LogP contribution in [0.15, 0.2) is 84.6 Å². The predicted molar refractivity (Wildman–Crippen MR) is 143 cm³/mol. The van der Waals surface area contributed by atoms with E-state index in [1.54, 1.807) is 0 Å². The van der Waals surface area contributed by atoms with Crippen molar-refractivity contribution in [2.75, 3.05) is 0 Å². The summed E-state index contributed by atoms with van der Waals surface area (Å²) in [4.78, 5) is 27.1. The van der Waals surface area contributed by atoms with Gasteiger partial charge < -0.3 is 4.79 Å². The summed E-state index contributed by atoms with van der Waals surface area (Å²) in [6.07, 6.45) is 4.64. The van der Waals surface area contributed by atoms with Gasteiger partial charge in [0.1, 0.15) is 0 Å². The van der Waals surface area contributed by atoms with Crippen LogP contribution < -0.4 is 0 Å². The van der Waals surface area contributed by atoms with Gasteiger partial charge in [-0.15, -0.1) is 0 Å². The summed E-state index contributed by atoms with van der Waals surface area (Å²) in [5.41, 5.74) is 4.82. The van der Waals surface area contributed by atoms with Crippen LogP contribution in [0, 0.1) is 18.4 Å². The van der Waals surface area contributed by atoms with Gasteiger partial charge in [0.2, 0.25) is 5.70 Å². The van der Waals surface area contributed by atoms with Crippen molar-refractivity contribution >= 4 is 16.6 Å². The molecule has 36 heavy (non-hydrogen) atoms. The molecule has 176 valence electrons. The molecule has 0 saturated carbocycles. The van der Waals surface area contributed by atoms with Crippen LogP contribution in [0.3, 0.4) is 0 Å². The Kier molecular flexibility index (Phi) is 5.30. The van der Waals surface area contributed by atoms with E-state index in [9.17, 15) is 4.79 Å². The molecule has 0 spiro atoms. The van der Waals surface area contributed by atoms with Gasteiger partial charge in [0, 0.05) is 28.0 Å². The van der Waals surface area contributed by atoms with E-state index in [4.69, 9.17) is 16.5 Å². The third kappa shape index (κ3) is 3.38. The van der Waals surface area contributed by atoms with Crippen LogP contribution in [0.2, 0.25) is 0 Å². The second-order valence-corrected chi connectivity index (χ2v) is 10.2.